The van der Waals surface area contributed by atoms with Crippen LogP contribution in [0.4, 0.5) is 0 Å². The second kappa shape index (κ2) is 4.15. The highest BCUT2D eigenvalue weighted by Gasteiger charge is 2.10. The number of aliphatic hydroxyl groups excluding tert-OH is 1. The molecule has 74 valence electrons. The lowest BCUT2D eigenvalue weighted by Gasteiger charge is -2.18. The van der Waals surface area contributed by atoms with E-state index in [0.29, 0.717) is 13.2 Å². The van der Waals surface area contributed by atoms with Gasteiger partial charge in [0.25, 0.3) is 0 Å². The van der Waals surface area contributed by atoms with Gasteiger partial charge in [-0.2, -0.15) is 0 Å². The fourth-order valence-corrected chi connectivity index (χ4v) is 1.35. The highest BCUT2D eigenvalue weighted by atomic mass is 16.6. The Hall–Kier alpha value is -1.48. The third kappa shape index (κ3) is 1.88. The second-order valence-electron chi connectivity index (χ2n) is 2.99. The summed E-state index contributed by atoms with van der Waals surface area (Å²) in [6.45, 7) is 1.26. The summed E-state index contributed by atoms with van der Waals surface area (Å²) in [6, 6.07) is 5.71. The van der Waals surface area contributed by atoms with Gasteiger partial charge < -0.3 is 14.6 Å². The van der Waals surface area contributed by atoms with E-state index in [-0.39, 0.29) is 6.61 Å². The number of fused-ring (bicyclic) bond motifs is 1. The molecule has 1 heterocycles. The van der Waals surface area contributed by atoms with Crippen LogP contribution in [-0.4, -0.2) is 24.9 Å². The number of hydrogen-bond donors (Lipinski definition) is 1. The van der Waals surface area contributed by atoms with Gasteiger partial charge in [0.05, 0.1) is 6.61 Å². The SMILES string of the molecule is OC/C=C/c1ccc2c(c1)OCCO2. The largest absolute Gasteiger partial charge is 0.486 e. The molecule has 3 nitrogen and oxygen atoms in total. The van der Waals surface area contributed by atoms with Gasteiger partial charge in [-0.15, -0.1) is 0 Å². The van der Waals surface area contributed by atoms with Crippen molar-refractivity contribution in [2.75, 3.05) is 19.8 Å². The predicted molar refractivity (Wildman–Crippen MR) is 53.6 cm³/mol. The Morgan fingerprint density at radius 1 is 1.21 bits per heavy atom. The minimum atomic E-state index is 0.0500. The van der Waals surface area contributed by atoms with Gasteiger partial charge in [0.1, 0.15) is 13.2 Å². The van der Waals surface area contributed by atoms with Crippen LogP contribution in [0.15, 0.2) is 24.3 Å². The molecule has 0 saturated carbocycles. The van der Waals surface area contributed by atoms with Crippen LogP contribution < -0.4 is 9.47 Å². The van der Waals surface area contributed by atoms with Crippen molar-refractivity contribution in [2.45, 2.75) is 0 Å². The van der Waals surface area contributed by atoms with Crippen LogP contribution in [-0.2, 0) is 0 Å². The molecule has 1 aliphatic heterocycles. The molecule has 14 heavy (non-hydrogen) atoms. The summed E-state index contributed by atoms with van der Waals surface area (Å²) in [5.74, 6) is 1.56. The predicted octanol–water partition coefficient (Wildman–Crippen LogP) is 1.46. The van der Waals surface area contributed by atoms with Gasteiger partial charge in [0.15, 0.2) is 11.5 Å². The van der Waals surface area contributed by atoms with Crippen LogP contribution >= 0.6 is 0 Å². The summed E-state index contributed by atoms with van der Waals surface area (Å²) in [4.78, 5) is 0. The number of ether oxygens (including phenoxy) is 2. The lowest BCUT2D eigenvalue weighted by atomic mass is 10.2. The molecule has 2 rings (SSSR count). The number of aliphatic hydroxyl groups is 1. The smallest absolute Gasteiger partial charge is 0.161 e. The normalized spacial score (nSPS) is 14.6. The fourth-order valence-electron chi connectivity index (χ4n) is 1.35. The third-order valence-electron chi connectivity index (χ3n) is 1.98. The average Bonchev–Trinajstić information content (AvgIpc) is 2.26. The molecule has 1 aliphatic rings. The summed E-state index contributed by atoms with van der Waals surface area (Å²) in [5, 5.41) is 8.62. The molecule has 0 unspecified atom stereocenters. The lowest BCUT2D eigenvalue weighted by Crippen LogP contribution is -2.15. The van der Waals surface area contributed by atoms with Crippen molar-refractivity contribution in [1.82, 2.24) is 0 Å². The molecule has 3 heteroatoms. The Balaban J connectivity index is 2.24. The molecule has 1 aromatic carbocycles. The first-order chi connectivity index (χ1) is 6.90. The molecule has 0 spiro atoms. The minimum absolute atomic E-state index is 0.0500. The lowest BCUT2D eigenvalue weighted by molar-refractivity contribution is 0.171. The maximum atomic E-state index is 8.62. The quantitative estimate of drug-likeness (QED) is 0.771. The van der Waals surface area contributed by atoms with Crippen LogP contribution in [0.1, 0.15) is 5.56 Å². The van der Waals surface area contributed by atoms with Crippen LogP contribution in [0.2, 0.25) is 0 Å². The Morgan fingerprint density at radius 2 is 2.00 bits per heavy atom. The summed E-state index contributed by atoms with van der Waals surface area (Å²) >= 11 is 0. The first kappa shape index (κ1) is 9.09. The zero-order valence-corrected chi connectivity index (χ0v) is 7.77. The Bertz CT molecular complexity index is 344. The van der Waals surface area contributed by atoms with Gasteiger partial charge in [0.2, 0.25) is 0 Å². The highest BCUT2D eigenvalue weighted by molar-refractivity contribution is 5.56. The van der Waals surface area contributed by atoms with E-state index in [1.165, 1.54) is 0 Å². The van der Waals surface area contributed by atoms with Crippen LogP contribution in [0.25, 0.3) is 6.08 Å². The molecule has 0 fully saturated rings. The second-order valence-corrected chi connectivity index (χ2v) is 2.99. The summed E-state index contributed by atoms with van der Waals surface area (Å²) in [6.07, 6.45) is 3.53. The van der Waals surface area contributed by atoms with E-state index in [4.69, 9.17) is 14.6 Å². The van der Waals surface area contributed by atoms with E-state index in [1.807, 2.05) is 24.3 Å². The minimum Gasteiger partial charge on any atom is -0.486 e. The maximum absolute atomic E-state index is 8.62. The summed E-state index contributed by atoms with van der Waals surface area (Å²) < 4.78 is 10.8. The van der Waals surface area contributed by atoms with E-state index in [1.54, 1.807) is 6.08 Å². The van der Waals surface area contributed by atoms with Gasteiger partial charge in [-0.3, -0.25) is 0 Å². The Morgan fingerprint density at radius 3 is 2.79 bits per heavy atom. The van der Waals surface area contributed by atoms with E-state index in [9.17, 15) is 0 Å². The number of hydrogen-bond acceptors (Lipinski definition) is 3. The molecule has 0 bridgehead atoms. The zero-order valence-electron chi connectivity index (χ0n) is 7.77. The van der Waals surface area contributed by atoms with Crippen LogP contribution in [0, 0.1) is 0 Å². The maximum Gasteiger partial charge on any atom is 0.161 e. The van der Waals surface area contributed by atoms with Gasteiger partial charge in [-0.1, -0.05) is 18.2 Å². The molecule has 0 aliphatic carbocycles. The molecule has 0 aromatic heterocycles. The Labute approximate surface area is 82.6 Å². The Kier molecular flexibility index (Phi) is 2.70. The van der Waals surface area contributed by atoms with Crippen molar-refractivity contribution in [1.29, 1.82) is 0 Å². The van der Waals surface area contributed by atoms with Gasteiger partial charge >= 0.3 is 0 Å². The van der Waals surface area contributed by atoms with Crippen molar-refractivity contribution in [3.05, 3.63) is 29.8 Å². The molecule has 1 N–H and O–H groups in total. The molecule has 0 radical (unpaired) electrons. The third-order valence-corrected chi connectivity index (χ3v) is 1.98. The number of rotatable bonds is 2. The average molecular weight is 192 g/mol. The first-order valence-corrected chi connectivity index (χ1v) is 4.57. The monoisotopic (exact) mass is 192 g/mol. The fraction of sp³-hybridized carbons (Fsp3) is 0.273. The molecule has 0 amide bonds. The van der Waals surface area contributed by atoms with Crippen molar-refractivity contribution in [3.63, 3.8) is 0 Å². The number of benzene rings is 1. The van der Waals surface area contributed by atoms with Crippen LogP contribution in [0.5, 0.6) is 11.5 Å². The standard InChI is InChI=1S/C11H12O3/c12-5-1-2-9-3-4-10-11(8-9)14-7-6-13-10/h1-4,8,12H,5-7H2/b2-1+. The summed E-state index contributed by atoms with van der Waals surface area (Å²) in [5.41, 5.74) is 1.00. The molecule has 0 atom stereocenters. The first-order valence-electron chi connectivity index (χ1n) is 4.57. The van der Waals surface area contributed by atoms with Crippen molar-refractivity contribution >= 4 is 6.08 Å². The van der Waals surface area contributed by atoms with Crippen LogP contribution in [0.3, 0.4) is 0 Å². The van der Waals surface area contributed by atoms with E-state index >= 15 is 0 Å². The molecular weight excluding hydrogens is 180 g/mol. The topological polar surface area (TPSA) is 38.7 Å². The van der Waals surface area contributed by atoms with Crippen molar-refractivity contribution < 1.29 is 14.6 Å². The van der Waals surface area contributed by atoms with Crippen molar-refractivity contribution in [3.8, 4) is 11.5 Å². The van der Waals surface area contributed by atoms with Gasteiger partial charge in [-0.05, 0) is 17.7 Å². The van der Waals surface area contributed by atoms with Gasteiger partial charge in [0, 0.05) is 0 Å². The molecular formula is C11H12O3. The molecule has 0 saturated heterocycles. The van der Waals surface area contributed by atoms with E-state index in [2.05, 4.69) is 0 Å². The van der Waals surface area contributed by atoms with E-state index < -0.39 is 0 Å². The molecule has 1 aromatic rings. The highest BCUT2D eigenvalue weighted by Crippen LogP contribution is 2.30. The van der Waals surface area contributed by atoms with E-state index in [0.717, 1.165) is 17.1 Å². The van der Waals surface area contributed by atoms with Gasteiger partial charge in [-0.25, -0.2) is 0 Å². The summed E-state index contributed by atoms with van der Waals surface area (Å²) in [7, 11) is 0. The van der Waals surface area contributed by atoms with Crippen molar-refractivity contribution in [2.24, 2.45) is 0 Å². The zero-order chi connectivity index (χ0) is 9.80.